The van der Waals surface area contributed by atoms with Gasteiger partial charge in [-0.2, -0.15) is 0 Å². The van der Waals surface area contributed by atoms with Crippen molar-refractivity contribution in [3.63, 3.8) is 0 Å². The van der Waals surface area contributed by atoms with E-state index in [1.165, 1.54) is 0 Å². The van der Waals surface area contributed by atoms with Gasteiger partial charge in [-0.05, 0) is 45.0 Å². The summed E-state index contributed by atoms with van der Waals surface area (Å²) in [6.07, 6.45) is 0. The minimum absolute atomic E-state index is 0.214. The molecule has 0 aliphatic rings. The van der Waals surface area contributed by atoms with Gasteiger partial charge in [-0.25, -0.2) is 8.78 Å². The molecular weight excluding hydrogens is 372 g/mol. The third-order valence-electron chi connectivity index (χ3n) is 3.71. The van der Waals surface area contributed by atoms with E-state index in [4.69, 9.17) is 4.42 Å². The molecule has 1 N–H and O–H groups in total. The van der Waals surface area contributed by atoms with Crippen molar-refractivity contribution in [2.45, 2.75) is 31.2 Å². The summed E-state index contributed by atoms with van der Waals surface area (Å²) in [6.45, 7) is 5.55. The summed E-state index contributed by atoms with van der Waals surface area (Å²) in [5, 5.41) is 9.88. The van der Waals surface area contributed by atoms with E-state index in [9.17, 15) is 13.6 Å². The van der Waals surface area contributed by atoms with Crippen LogP contribution in [0.4, 0.5) is 14.5 Å². The molecule has 3 rings (SSSR count). The zero-order chi connectivity index (χ0) is 19.6. The summed E-state index contributed by atoms with van der Waals surface area (Å²) >= 11 is 1.04. The van der Waals surface area contributed by atoms with Crippen LogP contribution in [0.15, 0.2) is 46.0 Å². The molecule has 0 fully saturated rings. The third-order valence-corrected chi connectivity index (χ3v) is 4.64. The van der Waals surface area contributed by atoms with Crippen LogP contribution in [0.25, 0.3) is 11.5 Å². The van der Waals surface area contributed by atoms with E-state index >= 15 is 0 Å². The average Bonchev–Trinajstić information content (AvgIpc) is 3.05. The molecule has 1 atom stereocenters. The second-order valence-electron chi connectivity index (χ2n) is 6.12. The van der Waals surface area contributed by atoms with Crippen molar-refractivity contribution >= 4 is 23.4 Å². The highest BCUT2D eigenvalue weighted by Crippen LogP contribution is 2.28. The molecule has 1 heterocycles. The largest absolute Gasteiger partial charge is 0.411 e. The number of amides is 1. The Bertz CT molecular complexity index is 971. The Morgan fingerprint density at radius 2 is 1.81 bits per heavy atom. The minimum atomic E-state index is -0.711. The molecule has 2 aromatic carbocycles. The van der Waals surface area contributed by atoms with Gasteiger partial charge in [-0.3, -0.25) is 4.79 Å². The maximum absolute atomic E-state index is 13.6. The molecule has 140 valence electrons. The quantitative estimate of drug-likeness (QED) is 0.638. The van der Waals surface area contributed by atoms with E-state index in [2.05, 4.69) is 15.5 Å². The van der Waals surface area contributed by atoms with Crippen LogP contribution in [0.1, 0.15) is 18.1 Å². The van der Waals surface area contributed by atoms with E-state index in [0.717, 1.165) is 46.7 Å². The van der Waals surface area contributed by atoms with Crippen LogP contribution in [0.3, 0.4) is 0 Å². The predicted molar refractivity (Wildman–Crippen MR) is 99.5 cm³/mol. The molecule has 0 radical (unpaired) electrons. The monoisotopic (exact) mass is 389 g/mol. The maximum atomic E-state index is 13.6. The highest BCUT2D eigenvalue weighted by molar-refractivity contribution is 8.00. The molecule has 5 nitrogen and oxygen atoms in total. The number of nitrogens with one attached hydrogen (secondary N) is 1. The molecule has 27 heavy (non-hydrogen) atoms. The number of aryl methyl sites for hydroxylation is 2. The van der Waals surface area contributed by atoms with Gasteiger partial charge in [0.15, 0.2) is 0 Å². The van der Waals surface area contributed by atoms with E-state index in [-0.39, 0.29) is 10.9 Å². The number of hydrogen-bond acceptors (Lipinski definition) is 5. The first-order valence-corrected chi connectivity index (χ1v) is 9.04. The highest BCUT2D eigenvalue weighted by Gasteiger charge is 2.20. The van der Waals surface area contributed by atoms with Gasteiger partial charge < -0.3 is 9.73 Å². The number of rotatable bonds is 5. The summed E-state index contributed by atoms with van der Waals surface area (Å²) in [5.74, 6) is -1.50. The van der Waals surface area contributed by atoms with Gasteiger partial charge in [-0.15, -0.1) is 10.2 Å². The van der Waals surface area contributed by atoms with Gasteiger partial charge >= 0.3 is 0 Å². The number of anilines is 1. The molecule has 0 saturated carbocycles. The summed E-state index contributed by atoms with van der Waals surface area (Å²) < 4.78 is 32.5. The zero-order valence-electron chi connectivity index (χ0n) is 14.9. The van der Waals surface area contributed by atoms with Crippen LogP contribution in [0, 0.1) is 25.5 Å². The highest BCUT2D eigenvalue weighted by atomic mass is 32.2. The topological polar surface area (TPSA) is 68.0 Å². The lowest BCUT2D eigenvalue weighted by molar-refractivity contribution is -0.115. The van der Waals surface area contributed by atoms with Gasteiger partial charge in [0.2, 0.25) is 11.8 Å². The molecule has 0 bridgehead atoms. The first-order valence-electron chi connectivity index (χ1n) is 8.16. The number of benzene rings is 2. The van der Waals surface area contributed by atoms with Crippen LogP contribution < -0.4 is 5.32 Å². The number of carbonyl (C=O) groups is 1. The van der Waals surface area contributed by atoms with E-state index < -0.39 is 22.8 Å². The Labute approximate surface area is 159 Å². The molecule has 0 saturated heterocycles. The number of nitrogens with zero attached hydrogens (tertiary/aromatic N) is 2. The Kier molecular flexibility index (Phi) is 5.55. The van der Waals surface area contributed by atoms with Crippen molar-refractivity contribution in [1.82, 2.24) is 10.2 Å². The second-order valence-corrected chi connectivity index (χ2v) is 7.42. The fourth-order valence-corrected chi connectivity index (χ4v) is 3.19. The van der Waals surface area contributed by atoms with Gasteiger partial charge in [0.05, 0.1) is 10.9 Å². The predicted octanol–water partition coefficient (Wildman–Crippen LogP) is 4.75. The van der Waals surface area contributed by atoms with Gasteiger partial charge in [0.1, 0.15) is 11.6 Å². The molecular formula is C19H17F2N3O2S. The summed E-state index contributed by atoms with van der Waals surface area (Å²) in [7, 11) is 0. The molecule has 1 amide bonds. The summed E-state index contributed by atoms with van der Waals surface area (Å²) in [5.41, 5.74) is 2.73. The van der Waals surface area contributed by atoms with Gasteiger partial charge in [-0.1, -0.05) is 29.0 Å². The van der Waals surface area contributed by atoms with E-state index in [1.807, 2.05) is 32.0 Å². The van der Waals surface area contributed by atoms with Crippen molar-refractivity contribution < 1.29 is 18.0 Å². The fraction of sp³-hybridized carbons (Fsp3) is 0.211. The van der Waals surface area contributed by atoms with Crippen molar-refractivity contribution in [2.75, 3.05) is 5.32 Å². The van der Waals surface area contributed by atoms with Gasteiger partial charge in [0, 0.05) is 11.6 Å². The second kappa shape index (κ2) is 7.87. The Balaban J connectivity index is 1.69. The molecule has 3 aromatic rings. The van der Waals surface area contributed by atoms with Crippen LogP contribution in [-0.2, 0) is 4.79 Å². The molecule has 8 heteroatoms. The molecule has 1 aromatic heterocycles. The Morgan fingerprint density at radius 3 is 2.52 bits per heavy atom. The lowest BCUT2D eigenvalue weighted by Gasteiger charge is -2.10. The minimum Gasteiger partial charge on any atom is -0.411 e. The van der Waals surface area contributed by atoms with Crippen LogP contribution >= 0.6 is 11.8 Å². The number of halogens is 2. The molecule has 0 aliphatic carbocycles. The van der Waals surface area contributed by atoms with E-state index in [0.29, 0.717) is 5.89 Å². The van der Waals surface area contributed by atoms with Crippen LogP contribution in [-0.4, -0.2) is 21.4 Å². The molecule has 0 spiro atoms. The molecule has 0 aliphatic heterocycles. The Morgan fingerprint density at radius 1 is 1.11 bits per heavy atom. The lowest BCUT2D eigenvalue weighted by atomic mass is 10.1. The number of hydrogen-bond donors (Lipinski definition) is 1. The average molecular weight is 389 g/mol. The summed E-state index contributed by atoms with van der Waals surface area (Å²) in [4.78, 5) is 12.2. The smallest absolute Gasteiger partial charge is 0.277 e. The molecule has 0 unspecified atom stereocenters. The zero-order valence-corrected chi connectivity index (χ0v) is 15.7. The lowest BCUT2D eigenvalue weighted by Crippen LogP contribution is -2.23. The summed E-state index contributed by atoms with van der Waals surface area (Å²) in [6, 6.07) is 8.76. The standard InChI is InChI=1S/C19H17F2N3O2S/c1-10-6-11(2)8-13(7-10)18-23-24-19(26-18)27-12(3)17(25)22-16-9-14(20)4-5-15(16)21/h4-9,12H,1-3H3,(H,22,25)/t12-/m1/s1. The van der Waals surface area contributed by atoms with Crippen LogP contribution in [0.2, 0.25) is 0 Å². The van der Waals surface area contributed by atoms with Crippen molar-refractivity contribution in [3.8, 4) is 11.5 Å². The first kappa shape index (κ1) is 19.0. The van der Waals surface area contributed by atoms with Crippen molar-refractivity contribution in [3.05, 3.63) is 59.2 Å². The first-order chi connectivity index (χ1) is 12.8. The number of aromatic nitrogens is 2. The van der Waals surface area contributed by atoms with Gasteiger partial charge in [0.25, 0.3) is 5.22 Å². The maximum Gasteiger partial charge on any atom is 0.277 e. The van der Waals surface area contributed by atoms with Crippen LogP contribution in [0.5, 0.6) is 0 Å². The van der Waals surface area contributed by atoms with Crippen molar-refractivity contribution in [2.24, 2.45) is 0 Å². The number of carbonyl (C=O) groups excluding carboxylic acids is 1. The van der Waals surface area contributed by atoms with E-state index in [1.54, 1.807) is 6.92 Å². The Hall–Kier alpha value is -2.74. The normalized spacial score (nSPS) is 12.0. The van der Waals surface area contributed by atoms with Crippen molar-refractivity contribution in [1.29, 1.82) is 0 Å². The number of thioether (sulfide) groups is 1. The third kappa shape index (κ3) is 4.71. The SMILES string of the molecule is Cc1cc(C)cc(-c2nnc(S[C@H](C)C(=O)Nc3cc(F)ccc3F)o2)c1. The fourth-order valence-electron chi connectivity index (χ4n) is 2.50.